The van der Waals surface area contributed by atoms with E-state index in [4.69, 9.17) is 0 Å². The van der Waals surface area contributed by atoms with Crippen molar-refractivity contribution in [3.8, 4) is 0 Å². The standard InChI is InChI=1S/C13H13BrN2OS/c1-8-11(12(17)16-13(15-8)18-2)7-9-4-3-5-10(14)6-9/h3-6H,7H2,1-2H3,(H,15,16,17). The molecule has 1 aromatic carbocycles. The third-order valence-electron chi connectivity index (χ3n) is 2.66. The van der Waals surface area contributed by atoms with Crippen LogP contribution >= 0.6 is 27.7 Å². The Morgan fingerprint density at radius 3 is 2.83 bits per heavy atom. The van der Waals surface area contributed by atoms with E-state index in [2.05, 4.69) is 25.9 Å². The van der Waals surface area contributed by atoms with Crippen LogP contribution in [0.1, 0.15) is 16.8 Å². The Kier molecular flexibility index (Phi) is 4.24. The molecule has 0 aliphatic carbocycles. The van der Waals surface area contributed by atoms with Crippen LogP contribution in [-0.4, -0.2) is 16.2 Å². The van der Waals surface area contributed by atoms with Gasteiger partial charge in [-0.15, -0.1) is 0 Å². The molecule has 0 radical (unpaired) electrons. The van der Waals surface area contributed by atoms with E-state index in [0.717, 1.165) is 21.3 Å². The quantitative estimate of drug-likeness (QED) is 0.696. The Hall–Kier alpha value is -1.07. The van der Waals surface area contributed by atoms with Gasteiger partial charge >= 0.3 is 0 Å². The summed E-state index contributed by atoms with van der Waals surface area (Å²) in [6.07, 6.45) is 2.49. The van der Waals surface area contributed by atoms with Crippen LogP contribution in [0.25, 0.3) is 0 Å². The fraction of sp³-hybridized carbons (Fsp3) is 0.231. The summed E-state index contributed by atoms with van der Waals surface area (Å²) in [7, 11) is 0. The summed E-state index contributed by atoms with van der Waals surface area (Å²) in [5, 5.41) is 0.662. The Morgan fingerprint density at radius 1 is 1.44 bits per heavy atom. The van der Waals surface area contributed by atoms with Gasteiger partial charge in [-0.3, -0.25) is 4.79 Å². The van der Waals surface area contributed by atoms with Crippen molar-refractivity contribution in [1.29, 1.82) is 0 Å². The maximum Gasteiger partial charge on any atom is 0.255 e. The number of hydrogen-bond donors (Lipinski definition) is 1. The molecule has 2 rings (SSSR count). The first-order valence-electron chi connectivity index (χ1n) is 5.48. The van der Waals surface area contributed by atoms with E-state index in [9.17, 15) is 4.79 Å². The summed E-state index contributed by atoms with van der Waals surface area (Å²) < 4.78 is 1.02. The topological polar surface area (TPSA) is 45.8 Å². The van der Waals surface area contributed by atoms with Crippen LogP contribution in [0.4, 0.5) is 0 Å². The molecule has 0 aliphatic rings. The molecule has 0 aliphatic heterocycles. The van der Waals surface area contributed by atoms with Gasteiger partial charge in [0.1, 0.15) is 0 Å². The van der Waals surface area contributed by atoms with Crippen molar-refractivity contribution < 1.29 is 0 Å². The van der Waals surface area contributed by atoms with E-state index < -0.39 is 0 Å². The van der Waals surface area contributed by atoms with Gasteiger partial charge in [0.15, 0.2) is 5.16 Å². The highest BCUT2D eigenvalue weighted by Crippen LogP contribution is 2.16. The zero-order valence-electron chi connectivity index (χ0n) is 10.2. The molecule has 0 amide bonds. The summed E-state index contributed by atoms with van der Waals surface area (Å²) in [5.74, 6) is 0. The number of hydrogen-bond acceptors (Lipinski definition) is 3. The maximum atomic E-state index is 12.0. The van der Waals surface area contributed by atoms with Gasteiger partial charge in [0.2, 0.25) is 0 Å². The van der Waals surface area contributed by atoms with Crippen molar-refractivity contribution in [3.05, 3.63) is 55.9 Å². The highest BCUT2D eigenvalue weighted by Gasteiger charge is 2.08. The molecular formula is C13H13BrN2OS. The Balaban J connectivity index is 2.38. The van der Waals surface area contributed by atoms with Gasteiger partial charge in [-0.2, -0.15) is 0 Å². The number of aromatic nitrogens is 2. The fourth-order valence-corrected chi connectivity index (χ4v) is 2.61. The Labute approximate surface area is 118 Å². The summed E-state index contributed by atoms with van der Waals surface area (Å²) in [6, 6.07) is 7.95. The average molecular weight is 325 g/mol. The number of H-pyrrole nitrogens is 1. The minimum atomic E-state index is -0.0492. The number of halogens is 1. The molecular weight excluding hydrogens is 312 g/mol. The van der Waals surface area contributed by atoms with Crippen molar-refractivity contribution >= 4 is 27.7 Å². The van der Waals surface area contributed by atoms with E-state index in [1.165, 1.54) is 11.8 Å². The molecule has 1 aromatic heterocycles. The van der Waals surface area contributed by atoms with Crippen molar-refractivity contribution in [2.24, 2.45) is 0 Å². The minimum Gasteiger partial charge on any atom is -0.301 e. The van der Waals surface area contributed by atoms with Crippen LogP contribution in [0.2, 0.25) is 0 Å². The number of aryl methyl sites for hydroxylation is 1. The second-order valence-corrected chi connectivity index (χ2v) is 5.66. The van der Waals surface area contributed by atoms with Crippen molar-refractivity contribution in [2.45, 2.75) is 18.5 Å². The predicted octanol–water partition coefficient (Wildman–Crippen LogP) is 3.15. The number of thioether (sulfide) groups is 1. The van der Waals surface area contributed by atoms with Gasteiger partial charge in [-0.05, 0) is 30.9 Å². The molecule has 1 N–H and O–H groups in total. The summed E-state index contributed by atoms with van der Waals surface area (Å²) >= 11 is 4.87. The lowest BCUT2D eigenvalue weighted by Crippen LogP contribution is -2.17. The molecule has 5 heteroatoms. The highest BCUT2D eigenvalue weighted by molar-refractivity contribution is 9.10. The fourth-order valence-electron chi connectivity index (χ4n) is 1.74. The number of nitrogens with zero attached hydrogens (tertiary/aromatic N) is 1. The first-order chi connectivity index (χ1) is 8.60. The van der Waals surface area contributed by atoms with Crippen LogP contribution in [0.5, 0.6) is 0 Å². The second-order valence-electron chi connectivity index (χ2n) is 3.95. The zero-order chi connectivity index (χ0) is 13.1. The Bertz CT molecular complexity index is 625. The van der Waals surface area contributed by atoms with Gasteiger partial charge in [0.05, 0.1) is 0 Å². The zero-order valence-corrected chi connectivity index (χ0v) is 12.6. The van der Waals surface area contributed by atoms with Gasteiger partial charge in [-0.1, -0.05) is 39.8 Å². The summed E-state index contributed by atoms with van der Waals surface area (Å²) in [6.45, 7) is 1.88. The van der Waals surface area contributed by atoms with Crippen molar-refractivity contribution in [1.82, 2.24) is 9.97 Å². The molecule has 3 nitrogen and oxygen atoms in total. The van der Waals surface area contributed by atoms with Crippen LogP contribution in [0.3, 0.4) is 0 Å². The molecule has 0 fully saturated rings. The maximum absolute atomic E-state index is 12.0. The van der Waals surface area contributed by atoms with Crippen LogP contribution in [0, 0.1) is 6.92 Å². The van der Waals surface area contributed by atoms with Crippen molar-refractivity contribution in [2.75, 3.05) is 6.26 Å². The largest absolute Gasteiger partial charge is 0.301 e. The molecule has 0 saturated carbocycles. The third-order valence-corrected chi connectivity index (χ3v) is 3.74. The number of benzene rings is 1. The number of aromatic amines is 1. The van der Waals surface area contributed by atoms with Crippen molar-refractivity contribution in [3.63, 3.8) is 0 Å². The van der Waals surface area contributed by atoms with E-state index >= 15 is 0 Å². The molecule has 1 heterocycles. The number of nitrogens with one attached hydrogen (secondary N) is 1. The molecule has 18 heavy (non-hydrogen) atoms. The second kappa shape index (κ2) is 5.71. The predicted molar refractivity (Wildman–Crippen MR) is 78.3 cm³/mol. The molecule has 0 unspecified atom stereocenters. The van der Waals surface area contributed by atoms with Gasteiger partial charge in [0.25, 0.3) is 5.56 Å². The average Bonchev–Trinajstić information content (AvgIpc) is 2.33. The smallest absolute Gasteiger partial charge is 0.255 e. The lowest BCUT2D eigenvalue weighted by Gasteiger charge is -2.06. The molecule has 0 saturated heterocycles. The van der Waals surface area contributed by atoms with E-state index in [-0.39, 0.29) is 5.56 Å². The van der Waals surface area contributed by atoms with Crippen LogP contribution in [-0.2, 0) is 6.42 Å². The Morgan fingerprint density at radius 2 is 2.22 bits per heavy atom. The number of rotatable bonds is 3. The van der Waals surface area contributed by atoms with Gasteiger partial charge in [0, 0.05) is 22.2 Å². The summed E-state index contributed by atoms with van der Waals surface area (Å²) in [5.41, 5.74) is 2.57. The molecule has 94 valence electrons. The van der Waals surface area contributed by atoms with Gasteiger partial charge in [-0.25, -0.2) is 4.98 Å². The van der Waals surface area contributed by atoms with E-state index in [0.29, 0.717) is 11.6 Å². The van der Waals surface area contributed by atoms with Crippen LogP contribution < -0.4 is 5.56 Å². The van der Waals surface area contributed by atoms with E-state index in [1.54, 1.807) is 0 Å². The molecule has 0 bridgehead atoms. The lowest BCUT2D eigenvalue weighted by molar-refractivity contribution is 0.868. The first-order valence-corrected chi connectivity index (χ1v) is 7.50. The lowest BCUT2D eigenvalue weighted by atomic mass is 10.1. The third kappa shape index (κ3) is 3.03. The molecule has 0 atom stereocenters. The van der Waals surface area contributed by atoms with E-state index in [1.807, 2.05) is 37.4 Å². The molecule has 0 spiro atoms. The SMILES string of the molecule is CSc1nc(C)c(Cc2cccc(Br)c2)c(=O)[nH]1. The summed E-state index contributed by atoms with van der Waals surface area (Å²) in [4.78, 5) is 19.1. The first kappa shape index (κ1) is 13.4. The highest BCUT2D eigenvalue weighted by atomic mass is 79.9. The van der Waals surface area contributed by atoms with Crippen LogP contribution in [0.15, 0.2) is 38.7 Å². The van der Waals surface area contributed by atoms with Gasteiger partial charge < -0.3 is 4.98 Å². The minimum absolute atomic E-state index is 0.0492. The monoisotopic (exact) mass is 324 g/mol. The molecule has 2 aromatic rings. The normalized spacial score (nSPS) is 10.6.